The van der Waals surface area contributed by atoms with Gasteiger partial charge in [0.2, 0.25) is 11.8 Å². The van der Waals surface area contributed by atoms with Gasteiger partial charge in [0.1, 0.15) is 0 Å². The number of ether oxygens (including phenoxy) is 2. The van der Waals surface area contributed by atoms with Crippen molar-refractivity contribution in [3.8, 4) is 11.8 Å². The molecule has 0 amide bonds. The van der Waals surface area contributed by atoms with Crippen molar-refractivity contribution < 1.29 is 14.3 Å². The minimum Gasteiger partial charge on any atom is -0.464 e. The fourth-order valence-corrected chi connectivity index (χ4v) is 4.75. The van der Waals surface area contributed by atoms with Crippen LogP contribution in [0.1, 0.15) is 33.0 Å². The molecule has 0 aliphatic heterocycles. The Bertz CT molecular complexity index is 1590. The largest absolute Gasteiger partial charge is 0.464 e. The molecule has 242 valence electrons. The van der Waals surface area contributed by atoms with E-state index >= 15 is 0 Å². The molecule has 3 N–H and O–H groups in total. The van der Waals surface area contributed by atoms with Crippen molar-refractivity contribution in [1.29, 1.82) is 0 Å². The lowest BCUT2D eigenvalue weighted by molar-refractivity contribution is 0.0593. The molecule has 5 rings (SSSR count). The molecule has 0 saturated heterocycles. The third-order valence-electron chi connectivity index (χ3n) is 7.26. The lowest BCUT2D eigenvalue weighted by atomic mass is 10.1. The minimum atomic E-state index is -0.525. The lowest BCUT2D eigenvalue weighted by Crippen LogP contribution is -2.36. The van der Waals surface area contributed by atoms with Crippen LogP contribution in [0.15, 0.2) is 110 Å². The van der Waals surface area contributed by atoms with Gasteiger partial charge in [-0.25, -0.2) is 14.8 Å². The van der Waals surface area contributed by atoms with E-state index in [0.29, 0.717) is 12.4 Å². The number of benzene rings is 1. The maximum Gasteiger partial charge on any atom is 0.356 e. The highest BCUT2D eigenvalue weighted by Crippen LogP contribution is 2.20. The van der Waals surface area contributed by atoms with E-state index in [0.717, 1.165) is 62.9 Å². The molecule has 0 bridgehead atoms. The minimum absolute atomic E-state index is 0.171. The molecule has 1 aromatic carbocycles. The number of methoxy groups -OCH3 is 1. The molecule has 0 saturated carbocycles. The normalized spacial score (nSPS) is 10.9. The summed E-state index contributed by atoms with van der Waals surface area (Å²) in [5.41, 5.74) is 5.54. The molecule has 0 spiro atoms. The van der Waals surface area contributed by atoms with Gasteiger partial charge >= 0.3 is 5.97 Å². The van der Waals surface area contributed by atoms with Crippen molar-refractivity contribution in [3.05, 3.63) is 138 Å². The zero-order chi connectivity index (χ0) is 32.5. The summed E-state index contributed by atoms with van der Waals surface area (Å²) < 4.78 is 10.4. The summed E-state index contributed by atoms with van der Waals surface area (Å²) >= 11 is 0. The molecule has 0 aliphatic rings. The number of carbonyl (C=O) groups excluding carboxylic acids is 1. The average molecular weight is 633 g/mol. The van der Waals surface area contributed by atoms with Crippen LogP contribution in [0.5, 0.6) is 11.8 Å². The fraction of sp³-hybridized carbons (Fsp3) is 0.250. The van der Waals surface area contributed by atoms with Crippen molar-refractivity contribution >= 4 is 11.7 Å². The zero-order valence-electron chi connectivity index (χ0n) is 26.5. The first-order chi connectivity index (χ1) is 23.1. The Hall–Kier alpha value is -5.23. The van der Waals surface area contributed by atoms with Crippen LogP contribution in [0.4, 0.5) is 5.69 Å². The fourth-order valence-electron chi connectivity index (χ4n) is 4.75. The molecule has 11 heteroatoms. The van der Waals surface area contributed by atoms with E-state index in [9.17, 15) is 4.79 Å². The Morgan fingerprint density at radius 2 is 1.38 bits per heavy atom. The molecule has 0 fully saturated rings. The third-order valence-corrected chi connectivity index (χ3v) is 7.26. The number of hydrogen-bond acceptors (Lipinski definition) is 11. The molecule has 5 aromatic rings. The number of anilines is 1. The number of pyridine rings is 4. The van der Waals surface area contributed by atoms with Crippen molar-refractivity contribution in [2.45, 2.75) is 26.2 Å². The zero-order valence-corrected chi connectivity index (χ0v) is 26.5. The molecular formula is C36H40N8O3. The highest BCUT2D eigenvalue weighted by Gasteiger charge is 2.10. The second-order valence-electron chi connectivity index (χ2n) is 10.8. The van der Waals surface area contributed by atoms with E-state index in [1.165, 1.54) is 18.2 Å². The Morgan fingerprint density at radius 1 is 0.702 bits per heavy atom. The van der Waals surface area contributed by atoms with Crippen molar-refractivity contribution in [2.24, 2.45) is 0 Å². The molecule has 0 radical (unpaired) electrons. The number of rotatable bonds is 18. The van der Waals surface area contributed by atoms with Crippen molar-refractivity contribution in [3.63, 3.8) is 0 Å². The van der Waals surface area contributed by atoms with E-state index < -0.39 is 5.97 Å². The van der Waals surface area contributed by atoms with Crippen LogP contribution in [-0.4, -0.2) is 64.1 Å². The predicted molar refractivity (Wildman–Crippen MR) is 181 cm³/mol. The van der Waals surface area contributed by atoms with E-state index in [4.69, 9.17) is 9.47 Å². The van der Waals surface area contributed by atoms with Crippen molar-refractivity contribution in [1.82, 2.24) is 35.5 Å². The Kier molecular flexibility index (Phi) is 12.7. The van der Waals surface area contributed by atoms with Crippen LogP contribution in [0.25, 0.3) is 0 Å². The van der Waals surface area contributed by atoms with Gasteiger partial charge in [-0.15, -0.1) is 0 Å². The van der Waals surface area contributed by atoms with Crippen LogP contribution < -0.4 is 20.7 Å². The van der Waals surface area contributed by atoms with E-state index in [1.807, 2.05) is 54.9 Å². The van der Waals surface area contributed by atoms with Crippen molar-refractivity contribution in [2.75, 3.05) is 38.6 Å². The van der Waals surface area contributed by atoms with Gasteiger partial charge in [-0.1, -0.05) is 42.5 Å². The Balaban J connectivity index is 1.09. The second-order valence-corrected chi connectivity index (χ2v) is 10.8. The molecule has 4 heterocycles. The van der Waals surface area contributed by atoms with Gasteiger partial charge in [0.25, 0.3) is 0 Å². The second kappa shape index (κ2) is 18.1. The van der Waals surface area contributed by atoms with Gasteiger partial charge in [-0.3, -0.25) is 14.9 Å². The van der Waals surface area contributed by atoms with Gasteiger partial charge in [-0.05, 0) is 47.5 Å². The molecule has 11 nitrogen and oxygen atoms in total. The molecular weight excluding hydrogens is 592 g/mol. The van der Waals surface area contributed by atoms with Crippen LogP contribution in [0.2, 0.25) is 0 Å². The summed E-state index contributed by atoms with van der Waals surface area (Å²) in [5, 5.41) is 10.5. The summed E-state index contributed by atoms with van der Waals surface area (Å²) in [7, 11) is 1.31. The number of carbonyl (C=O) groups is 1. The first-order valence-corrected chi connectivity index (χ1v) is 15.6. The van der Waals surface area contributed by atoms with Gasteiger partial charge < -0.3 is 25.4 Å². The van der Waals surface area contributed by atoms with Gasteiger partial charge in [0.05, 0.1) is 30.4 Å². The van der Waals surface area contributed by atoms with E-state index in [-0.39, 0.29) is 11.6 Å². The number of nitrogens with zero attached hydrogens (tertiary/aromatic N) is 5. The molecule has 0 aliphatic carbocycles. The van der Waals surface area contributed by atoms with Gasteiger partial charge in [0, 0.05) is 76.9 Å². The average Bonchev–Trinajstić information content (AvgIpc) is 3.12. The Labute approximate surface area is 275 Å². The number of nitrogens with one attached hydrogen (secondary N) is 3. The third kappa shape index (κ3) is 11.3. The maximum absolute atomic E-state index is 11.7. The smallest absolute Gasteiger partial charge is 0.356 e. The summed E-state index contributed by atoms with van der Waals surface area (Å²) in [5.74, 6) is 0.113. The van der Waals surface area contributed by atoms with Crippen LogP contribution >= 0.6 is 0 Å². The number of aromatic nitrogens is 4. The SMILES string of the molecule is COC(=O)c1cccc(Oc2ccc(NCc3ccc(CN(CCNCc4ccccn4)CCNCc4ccccn4)cc3)cn2)n1. The van der Waals surface area contributed by atoms with E-state index in [1.54, 1.807) is 30.5 Å². The van der Waals surface area contributed by atoms with Crippen LogP contribution in [0, 0.1) is 0 Å². The topological polar surface area (TPSA) is 126 Å². The van der Waals surface area contributed by atoms with Gasteiger partial charge in [-0.2, -0.15) is 0 Å². The van der Waals surface area contributed by atoms with Crippen LogP contribution in [-0.2, 0) is 30.9 Å². The maximum atomic E-state index is 11.7. The standard InChI is InChI=1S/C36H40N8O3/c1-46-36(45)33-9-6-10-35(43-33)47-34-16-15-32(26-42-34)41-23-28-11-13-29(14-12-28)27-44(21-19-37-24-30-7-2-4-17-39-30)22-20-38-25-31-8-3-5-18-40-31/h2-18,26,37-38,41H,19-25,27H2,1H3. The summed E-state index contributed by atoms with van der Waals surface area (Å²) in [4.78, 5) is 31.5. The lowest BCUT2D eigenvalue weighted by Gasteiger charge is -2.23. The predicted octanol–water partition coefficient (Wildman–Crippen LogP) is 4.84. The summed E-state index contributed by atoms with van der Waals surface area (Å²) in [6.07, 6.45) is 5.36. The summed E-state index contributed by atoms with van der Waals surface area (Å²) in [6.45, 7) is 6.59. The monoisotopic (exact) mass is 632 g/mol. The number of esters is 1. The molecule has 0 unspecified atom stereocenters. The molecule has 47 heavy (non-hydrogen) atoms. The quantitative estimate of drug-likeness (QED) is 0.0908. The molecule has 0 atom stereocenters. The summed E-state index contributed by atoms with van der Waals surface area (Å²) in [6, 6.07) is 29.2. The molecule has 4 aromatic heterocycles. The number of hydrogen-bond donors (Lipinski definition) is 3. The van der Waals surface area contributed by atoms with Crippen LogP contribution in [0.3, 0.4) is 0 Å². The first-order valence-electron chi connectivity index (χ1n) is 15.6. The van der Waals surface area contributed by atoms with E-state index in [2.05, 4.69) is 65.1 Å². The highest BCUT2D eigenvalue weighted by molar-refractivity contribution is 5.87. The highest BCUT2D eigenvalue weighted by atomic mass is 16.5. The van der Waals surface area contributed by atoms with Gasteiger partial charge in [0.15, 0.2) is 5.69 Å². The Morgan fingerprint density at radius 3 is 1.98 bits per heavy atom. The first kappa shape index (κ1) is 33.1.